The molecule has 0 aliphatic heterocycles. The molecule has 0 spiro atoms. The Bertz CT molecular complexity index is 904. The first-order valence-corrected chi connectivity index (χ1v) is 14.2. The Morgan fingerprint density at radius 3 is 2.26 bits per heavy atom. The van der Waals surface area contributed by atoms with E-state index < -0.39 is 12.2 Å². The predicted octanol–water partition coefficient (Wildman–Crippen LogP) is 6.56. The van der Waals surface area contributed by atoms with Gasteiger partial charge >= 0.3 is 0 Å². The Kier molecular flexibility index (Phi) is 5.47. The number of hydrogen-bond donors (Lipinski definition) is 2. The molecule has 192 valence electrons. The standard InChI is InChI=1S/C31H50O3/c1-18-11-14-31(20(3)32)16-15-29(7)21(25(31)19(18)2)9-10-24-28(6)17-22(33)26(34)27(4,5)23(28)12-13-30(24,29)8/h9,18-19,22-26,33-34H,10-17H2,1-8H3/t18-,19+,22-,23+,24-,25+,26+,28+,29-,30-,31-/m1/s1. The second kappa shape index (κ2) is 7.44. The van der Waals surface area contributed by atoms with E-state index in [1.807, 2.05) is 6.92 Å². The highest BCUT2D eigenvalue weighted by molar-refractivity contribution is 5.84. The van der Waals surface area contributed by atoms with Crippen LogP contribution in [-0.2, 0) is 4.79 Å². The fourth-order valence-electron chi connectivity index (χ4n) is 11.2. The number of fused-ring (bicyclic) bond motifs is 7. The highest BCUT2D eigenvalue weighted by atomic mass is 16.3. The van der Waals surface area contributed by atoms with Crippen molar-refractivity contribution in [3.63, 3.8) is 0 Å². The molecule has 0 unspecified atom stereocenters. The lowest BCUT2D eigenvalue weighted by Crippen LogP contribution is -2.67. The molecule has 3 nitrogen and oxygen atoms in total. The Labute approximate surface area is 208 Å². The van der Waals surface area contributed by atoms with E-state index in [0.717, 1.165) is 32.1 Å². The van der Waals surface area contributed by atoms with Gasteiger partial charge in [0.05, 0.1) is 12.2 Å². The van der Waals surface area contributed by atoms with Crippen molar-refractivity contribution in [2.75, 3.05) is 0 Å². The zero-order valence-corrected chi connectivity index (χ0v) is 23.1. The van der Waals surface area contributed by atoms with Gasteiger partial charge in [0.2, 0.25) is 0 Å². The van der Waals surface area contributed by atoms with Gasteiger partial charge in [-0.3, -0.25) is 4.79 Å². The van der Waals surface area contributed by atoms with Gasteiger partial charge in [0.1, 0.15) is 5.78 Å². The molecule has 0 heterocycles. The number of hydrogen-bond acceptors (Lipinski definition) is 3. The third-order valence-corrected chi connectivity index (χ3v) is 13.6. The van der Waals surface area contributed by atoms with Crippen LogP contribution in [0.15, 0.2) is 11.6 Å². The van der Waals surface area contributed by atoms with Crippen molar-refractivity contribution in [1.29, 1.82) is 0 Å². The van der Waals surface area contributed by atoms with E-state index in [2.05, 4.69) is 54.5 Å². The summed E-state index contributed by atoms with van der Waals surface area (Å²) < 4.78 is 0. The highest BCUT2D eigenvalue weighted by Gasteiger charge is 2.69. The summed E-state index contributed by atoms with van der Waals surface area (Å²) in [5, 5.41) is 21.9. The fourth-order valence-corrected chi connectivity index (χ4v) is 11.2. The smallest absolute Gasteiger partial charge is 0.136 e. The van der Waals surface area contributed by atoms with Crippen LogP contribution in [-0.4, -0.2) is 28.2 Å². The SMILES string of the molecule is CC(=O)[C@]12CC[C@@H](C)[C@H](C)[C@H]1C1=CC[C@@H]3[C@@]4(C)C[C@@H](O)[C@H](O)C(C)(C)[C@@H]4CC[C@@]3(C)[C@]1(C)CC2. The molecule has 3 heteroatoms. The topological polar surface area (TPSA) is 57.5 Å². The molecule has 11 atom stereocenters. The quantitative estimate of drug-likeness (QED) is 0.426. The van der Waals surface area contributed by atoms with Crippen LogP contribution in [0.1, 0.15) is 107 Å². The summed E-state index contributed by atoms with van der Waals surface area (Å²) in [4.78, 5) is 13.2. The van der Waals surface area contributed by atoms with Crippen molar-refractivity contribution in [1.82, 2.24) is 0 Å². The maximum atomic E-state index is 13.2. The molecule has 34 heavy (non-hydrogen) atoms. The molecule has 2 N–H and O–H groups in total. The molecule has 4 saturated carbocycles. The first-order valence-electron chi connectivity index (χ1n) is 14.2. The Balaban J connectivity index is 1.62. The minimum atomic E-state index is -0.646. The number of carbonyl (C=O) groups is 1. The Morgan fingerprint density at radius 1 is 0.941 bits per heavy atom. The van der Waals surface area contributed by atoms with Crippen LogP contribution < -0.4 is 0 Å². The summed E-state index contributed by atoms with van der Waals surface area (Å²) in [7, 11) is 0. The molecular weight excluding hydrogens is 420 g/mol. The van der Waals surface area contributed by atoms with Gasteiger partial charge in [0.25, 0.3) is 0 Å². The van der Waals surface area contributed by atoms with Gasteiger partial charge < -0.3 is 10.2 Å². The number of aliphatic hydroxyl groups excluding tert-OH is 2. The number of carbonyl (C=O) groups excluding carboxylic acids is 1. The third kappa shape index (κ3) is 2.81. The van der Waals surface area contributed by atoms with Gasteiger partial charge in [-0.25, -0.2) is 0 Å². The highest BCUT2D eigenvalue weighted by Crippen LogP contribution is 2.75. The fraction of sp³-hybridized carbons (Fsp3) is 0.903. The van der Waals surface area contributed by atoms with Crippen molar-refractivity contribution in [2.45, 2.75) is 119 Å². The molecule has 5 aliphatic carbocycles. The normalized spacial score (nSPS) is 56.3. The van der Waals surface area contributed by atoms with Crippen LogP contribution in [0, 0.1) is 56.7 Å². The lowest BCUT2D eigenvalue weighted by molar-refractivity contribution is -0.231. The van der Waals surface area contributed by atoms with Crippen LogP contribution in [0.25, 0.3) is 0 Å². The molecule has 5 aliphatic rings. The second-order valence-corrected chi connectivity index (χ2v) is 14.9. The molecule has 0 radical (unpaired) electrons. The van der Waals surface area contributed by atoms with E-state index >= 15 is 0 Å². The molecule has 0 saturated heterocycles. The van der Waals surface area contributed by atoms with Gasteiger partial charge in [-0.15, -0.1) is 0 Å². The molecule has 0 bridgehead atoms. The van der Waals surface area contributed by atoms with Crippen LogP contribution in [0.4, 0.5) is 0 Å². The minimum Gasteiger partial charge on any atom is -0.390 e. The van der Waals surface area contributed by atoms with Crippen molar-refractivity contribution in [3.8, 4) is 0 Å². The van der Waals surface area contributed by atoms with Gasteiger partial charge in [-0.1, -0.05) is 60.1 Å². The second-order valence-electron chi connectivity index (χ2n) is 14.9. The van der Waals surface area contributed by atoms with Gasteiger partial charge in [-0.2, -0.15) is 0 Å². The van der Waals surface area contributed by atoms with E-state index in [-0.39, 0.29) is 27.1 Å². The Morgan fingerprint density at radius 2 is 1.62 bits per heavy atom. The number of aliphatic hydroxyl groups is 2. The predicted molar refractivity (Wildman–Crippen MR) is 137 cm³/mol. The molecule has 4 fully saturated rings. The first-order chi connectivity index (χ1) is 15.7. The summed E-state index contributed by atoms with van der Waals surface area (Å²) in [5.74, 6) is 2.93. The lowest BCUT2D eigenvalue weighted by Gasteiger charge is -2.71. The molecule has 0 aromatic carbocycles. The minimum absolute atomic E-state index is 0.0147. The zero-order valence-electron chi connectivity index (χ0n) is 23.1. The molecular formula is C31H50O3. The average Bonchev–Trinajstić information content (AvgIpc) is 2.75. The molecule has 0 amide bonds. The largest absolute Gasteiger partial charge is 0.390 e. The number of allylic oxidation sites excluding steroid dienone is 2. The maximum absolute atomic E-state index is 13.2. The maximum Gasteiger partial charge on any atom is 0.136 e. The lowest BCUT2D eigenvalue weighted by atomic mass is 9.33. The third-order valence-electron chi connectivity index (χ3n) is 13.6. The van der Waals surface area contributed by atoms with Gasteiger partial charge in [0.15, 0.2) is 0 Å². The molecule has 0 aromatic rings. The van der Waals surface area contributed by atoms with Crippen molar-refractivity contribution < 1.29 is 15.0 Å². The van der Waals surface area contributed by atoms with Crippen LogP contribution in [0.3, 0.4) is 0 Å². The van der Waals surface area contributed by atoms with E-state index in [4.69, 9.17) is 0 Å². The van der Waals surface area contributed by atoms with Crippen molar-refractivity contribution in [3.05, 3.63) is 11.6 Å². The number of ketones is 1. The van der Waals surface area contributed by atoms with E-state index in [9.17, 15) is 15.0 Å². The van der Waals surface area contributed by atoms with Crippen LogP contribution >= 0.6 is 0 Å². The summed E-state index contributed by atoms with van der Waals surface area (Å²) in [6, 6.07) is 0. The van der Waals surface area contributed by atoms with E-state index in [0.29, 0.717) is 41.8 Å². The van der Waals surface area contributed by atoms with E-state index in [1.54, 1.807) is 5.57 Å². The first kappa shape index (κ1) is 25.0. The average molecular weight is 471 g/mol. The number of rotatable bonds is 1. The molecule has 0 aromatic heterocycles. The number of Topliss-reactive ketones (excluding diaryl/α,β-unsaturated/α-hetero) is 1. The van der Waals surface area contributed by atoms with Crippen molar-refractivity contribution in [2.24, 2.45) is 56.7 Å². The van der Waals surface area contributed by atoms with Crippen LogP contribution in [0.2, 0.25) is 0 Å². The van der Waals surface area contributed by atoms with Gasteiger partial charge in [-0.05, 0) is 110 Å². The summed E-state index contributed by atoms with van der Waals surface area (Å²) >= 11 is 0. The summed E-state index contributed by atoms with van der Waals surface area (Å²) in [6.07, 6.45) is 9.75. The summed E-state index contributed by atoms with van der Waals surface area (Å²) in [5.41, 5.74) is 1.45. The Hall–Kier alpha value is -0.670. The van der Waals surface area contributed by atoms with Crippen molar-refractivity contribution >= 4 is 5.78 Å². The summed E-state index contributed by atoms with van der Waals surface area (Å²) in [6.45, 7) is 18.6. The zero-order chi connectivity index (χ0) is 25.1. The monoisotopic (exact) mass is 470 g/mol. The van der Waals surface area contributed by atoms with Gasteiger partial charge in [0, 0.05) is 5.41 Å². The molecule has 5 rings (SSSR count). The van der Waals surface area contributed by atoms with E-state index in [1.165, 1.54) is 12.8 Å². The van der Waals surface area contributed by atoms with Crippen LogP contribution in [0.5, 0.6) is 0 Å².